The molecule has 0 spiro atoms. The minimum Gasteiger partial charge on any atom is -0.334 e. The number of anilines is 1. The highest BCUT2D eigenvalue weighted by Crippen LogP contribution is 2.31. The lowest BCUT2D eigenvalue weighted by Gasteiger charge is -2.15. The van der Waals surface area contributed by atoms with Gasteiger partial charge < -0.3 is 9.42 Å². The number of hydrogen-bond acceptors (Lipinski definition) is 5. The molecule has 6 heteroatoms. The van der Waals surface area contributed by atoms with E-state index in [-0.39, 0.29) is 11.8 Å². The molecule has 1 fully saturated rings. The van der Waals surface area contributed by atoms with Crippen LogP contribution in [0.5, 0.6) is 0 Å². The van der Waals surface area contributed by atoms with E-state index in [1.165, 1.54) is 0 Å². The molecule has 1 atom stereocenters. The van der Waals surface area contributed by atoms with E-state index in [0.29, 0.717) is 30.2 Å². The van der Waals surface area contributed by atoms with Crippen LogP contribution in [0.1, 0.15) is 23.7 Å². The molecular formula is C19H14N4O2. The van der Waals surface area contributed by atoms with Gasteiger partial charge >= 0.3 is 0 Å². The molecule has 0 radical (unpaired) electrons. The predicted octanol–water partition coefficient (Wildman–Crippen LogP) is 3.13. The minimum absolute atomic E-state index is 0.0564. The average Bonchev–Trinajstić information content (AvgIpc) is 3.29. The Balaban J connectivity index is 1.54. The highest BCUT2D eigenvalue weighted by molar-refractivity contribution is 5.96. The molecule has 122 valence electrons. The third kappa shape index (κ3) is 2.88. The summed E-state index contributed by atoms with van der Waals surface area (Å²) in [6, 6.07) is 18.6. The standard InChI is InChI=1S/C19H14N4O2/c20-11-13-6-8-14(9-7-13)19-21-18(22-25-19)15-10-17(24)23(12-15)16-4-2-1-3-5-16/h1-9,15H,10,12H2. The summed E-state index contributed by atoms with van der Waals surface area (Å²) < 4.78 is 5.34. The Kier molecular flexibility index (Phi) is 3.75. The molecule has 1 aliphatic heterocycles. The van der Waals surface area contributed by atoms with Crippen LogP contribution in [0.3, 0.4) is 0 Å². The highest BCUT2D eigenvalue weighted by Gasteiger charge is 2.34. The summed E-state index contributed by atoms with van der Waals surface area (Å²) in [5.41, 5.74) is 2.20. The third-order valence-electron chi connectivity index (χ3n) is 4.26. The fraction of sp³-hybridized carbons (Fsp3) is 0.158. The number of aromatic nitrogens is 2. The van der Waals surface area contributed by atoms with Crippen molar-refractivity contribution in [2.75, 3.05) is 11.4 Å². The van der Waals surface area contributed by atoms with Crippen LogP contribution in [-0.4, -0.2) is 22.6 Å². The number of carbonyl (C=O) groups is 1. The largest absolute Gasteiger partial charge is 0.334 e. The first-order valence-corrected chi connectivity index (χ1v) is 7.94. The van der Waals surface area contributed by atoms with Crippen LogP contribution < -0.4 is 4.90 Å². The normalized spacial score (nSPS) is 16.8. The SMILES string of the molecule is N#Cc1ccc(-c2nc(C3CC(=O)N(c4ccccc4)C3)no2)cc1. The number of hydrogen-bond donors (Lipinski definition) is 0. The van der Waals surface area contributed by atoms with Crippen LogP contribution in [0.4, 0.5) is 5.69 Å². The van der Waals surface area contributed by atoms with Gasteiger partial charge in [0.25, 0.3) is 5.89 Å². The van der Waals surface area contributed by atoms with Crippen molar-refractivity contribution in [3.05, 3.63) is 66.0 Å². The van der Waals surface area contributed by atoms with E-state index in [2.05, 4.69) is 16.2 Å². The highest BCUT2D eigenvalue weighted by atomic mass is 16.5. The molecule has 4 rings (SSSR count). The van der Waals surface area contributed by atoms with Crippen LogP contribution >= 0.6 is 0 Å². The Morgan fingerprint density at radius 3 is 2.60 bits per heavy atom. The number of amides is 1. The summed E-state index contributed by atoms with van der Waals surface area (Å²) in [4.78, 5) is 18.5. The lowest BCUT2D eigenvalue weighted by molar-refractivity contribution is -0.117. The van der Waals surface area contributed by atoms with Gasteiger partial charge in [-0.1, -0.05) is 23.4 Å². The van der Waals surface area contributed by atoms with Gasteiger partial charge in [-0.25, -0.2) is 0 Å². The van der Waals surface area contributed by atoms with Gasteiger partial charge in [0.2, 0.25) is 5.91 Å². The van der Waals surface area contributed by atoms with Crippen molar-refractivity contribution in [1.29, 1.82) is 5.26 Å². The molecular weight excluding hydrogens is 316 g/mol. The molecule has 1 aromatic heterocycles. The van der Waals surface area contributed by atoms with Crippen molar-refractivity contribution in [3.63, 3.8) is 0 Å². The van der Waals surface area contributed by atoms with E-state index in [9.17, 15) is 4.79 Å². The number of benzene rings is 2. The molecule has 0 N–H and O–H groups in total. The second-order valence-corrected chi connectivity index (χ2v) is 5.89. The van der Waals surface area contributed by atoms with Crippen LogP contribution in [-0.2, 0) is 4.79 Å². The Hall–Kier alpha value is -3.46. The van der Waals surface area contributed by atoms with Crippen molar-refractivity contribution < 1.29 is 9.32 Å². The summed E-state index contributed by atoms with van der Waals surface area (Å²) >= 11 is 0. The van der Waals surface area contributed by atoms with Crippen LogP contribution in [0.2, 0.25) is 0 Å². The summed E-state index contributed by atoms with van der Waals surface area (Å²) in [6.45, 7) is 0.537. The molecule has 2 aromatic carbocycles. The Labute approximate surface area is 144 Å². The molecule has 2 heterocycles. The maximum Gasteiger partial charge on any atom is 0.257 e. The van der Waals surface area contributed by atoms with Crippen molar-refractivity contribution in [3.8, 4) is 17.5 Å². The third-order valence-corrected chi connectivity index (χ3v) is 4.26. The number of carbonyl (C=O) groups excluding carboxylic acids is 1. The average molecular weight is 330 g/mol. The number of para-hydroxylation sites is 1. The van der Waals surface area contributed by atoms with Gasteiger partial charge in [0.1, 0.15) is 0 Å². The maximum absolute atomic E-state index is 12.3. The first-order chi connectivity index (χ1) is 12.2. The topological polar surface area (TPSA) is 83.0 Å². The molecule has 6 nitrogen and oxygen atoms in total. The van der Waals surface area contributed by atoms with Crippen LogP contribution in [0.15, 0.2) is 59.1 Å². The lowest BCUT2D eigenvalue weighted by Crippen LogP contribution is -2.24. The van der Waals surface area contributed by atoms with Gasteiger partial charge in [-0.3, -0.25) is 4.79 Å². The lowest BCUT2D eigenvalue weighted by atomic mass is 10.1. The van der Waals surface area contributed by atoms with Gasteiger partial charge in [0.05, 0.1) is 11.6 Å². The number of rotatable bonds is 3. The monoisotopic (exact) mass is 330 g/mol. The van der Waals surface area contributed by atoms with Crippen molar-refractivity contribution in [1.82, 2.24) is 10.1 Å². The summed E-state index contributed by atoms with van der Waals surface area (Å²) in [6.07, 6.45) is 0.362. The van der Waals surface area contributed by atoms with Gasteiger partial charge in [-0.2, -0.15) is 10.2 Å². The molecule has 25 heavy (non-hydrogen) atoms. The molecule has 3 aromatic rings. The van der Waals surface area contributed by atoms with Crippen LogP contribution in [0.25, 0.3) is 11.5 Å². The van der Waals surface area contributed by atoms with E-state index < -0.39 is 0 Å². The van der Waals surface area contributed by atoms with E-state index in [1.54, 1.807) is 29.2 Å². The second kappa shape index (κ2) is 6.21. The van der Waals surface area contributed by atoms with Gasteiger partial charge in [-0.05, 0) is 36.4 Å². The van der Waals surface area contributed by atoms with Crippen LogP contribution in [0, 0.1) is 11.3 Å². The molecule has 0 aliphatic carbocycles. The zero-order valence-corrected chi connectivity index (χ0v) is 13.3. The molecule has 1 aliphatic rings. The van der Waals surface area contributed by atoms with E-state index in [4.69, 9.17) is 9.78 Å². The molecule has 1 saturated heterocycles. The first kappa shape index (κ1) is 15.1. The quantitative estimate of drug-likeness (QED) is 0.737. The zero-order chi connectivity index (χ0) is 17.2. The molecule has 1 amide bonds. The maximum atomic E-state index is 12.3. The minimum atomic E-state index is -0.0939. The van der Waals surface area contributed by atoms with E-state index >= 15 is 0 Å². The number of nitrogens with zero attached hydrogens (tertiary/aromatic N) is 4. The van der Waals surface area contributed by atoms with Crippen molar-refractivity contribution >= 4 is 11.6 Å². The zero-order valence-electron chi connectivity index (χ0n) is 13.3. The second-order valence-electron chi connectivity index (χ2n) is 5.89. The molecule has 0 bridgehead atoms. The Bertz CT molecular complexity index is 942. The van der Waals surface area contributed by atoms with Crippen molar-refractivity contribution in [2.24, 2.45) is 0 Å². The van der Waals surface area contributed by atoms with Gasteiger partial charge in [-0.15, -0.1) is 0 Å². The first-order valence-electron chi connectivity index (χ1n) is 7.94. The van der Waals surface area contributed by atoms with Crippen molar-refractivity contribution in [2.45, 2.75) is 12.3 Å². The summed E-state index contributed by atoms with van der Waals surface area (Å²) in [5.74, 6) is 0.890. The predicted molar refractivity (Wildman–Crippen MR) is 90.6 cm³/mol. The number of nitriles is 1. The Morgan fingerprint density at radius 2 is 1.88 bits per heavy atom. The Morgan fingerprint density at radius 1 is 1.12 bits per heavy atom. The van der Waals surface area contributed by atoms with Gasteiger partial charge in [0, 0.05) is 30.1 Å². The fourth-order valence-corrected chi connectivity index (χ4v) is 2.94. The summed E-state index contributed by atoms with van der Waals surface area (Å²) in [5, 5.41) is 12.9. The van der Waals surface area contributed by atoms with E-state index in [0.717, 1.165) is 11.3 Å². The molecule has 1 unspecified atom stereocenters. The van der Waals surface area contributed by atoms with E-state index in [1.807, 2.05) is 30.3 Å². The molecule has 0 saturated carbocycles. The smallest absolute Gasteiger partial charge is 0.257 e. The fourth-order valence-electron chi connectivity index (χ4n) is 2.94. The summed E-state index contributed by atoms with van der Waals surface area (Å²) in [7, 11) is 0. The van der Waals surface area contributed by atoms with Gasteiger partial charge in [0.15, 0.2) is 5.82 Å².